The second kappa shape index (κ2) is 7.90. The first kappa shape index (κ1) is 19.3. The molecule has 0 unspecified atom stereocenters. The Hall–Kier alpha value is -2.03. The Morgan fingerprint density at radius 3 is 2.28 bits per heavy atom. The van der Waals surface area contributed by atoms with Crippen molar-refractivity contribution in [3.05, 3.63) is 51.2 Å². The van der Waals surface area contributed by atoms with E-state index in [0.717, 1.165) is 9.75 Å². The Bertz CT molecular complexity index is 884. The van der Waals surface area contributed by atoms with Crippen LogP contribution in [0.25, 0.3) is 0 Å². The molecule has 0 saturated heterocycles. The zero-order chi connectivity index (χ0) is 18.6. The number of ketones is 1. The van der Waals surface area contributed by atoms with E-state index in [1.165, 1.54) is 0 Å². The Labute approximate surface area is 151 Å². The molecular weight excluding hydrogens is 360 g/mol. The van der Waals surface area contributed by atoms with Gasteiger partial charge in [-0.1, -0.05) is 12.1 Å². The number of amides is 1. The van der Waals surface area contributed by atoms with Crippen LogP contribution in [0.5, 0.6) is 0 Å². The van der Waals surface area contributed by atoms with E-state index in [9.17, 15) is 18.0 Å². The zero-order valence-corrected chi connectivity index (χ0v) is 15.7. The Balaban J connectivity index is 1.88. The lowest BCUT2D eigenvalue weighted by atomic mass is 10.1. The summed E-state index contributed by atoms with van der Waals surface area (Å²) in [7, 11) is -3.58. The van der Waals surface area contributed by atoms with Crippen molar-refractivity contribution in [3.63, 3.8) is 0 Å². The van der Waals surface area contributed by atoms with Crippen molar-refractivity contribution in [3.8, 4) is 0 Å². The van der Waals surface area contributed by atoms with Gasteiger partial charge in [-0.05, 0) is 37.6 Å². The van der Waals surface area contributed by atoms with Gasteiger partial charge in [0.05, 0.1) is 5.75 Å². The topological polar surface area (TPSA) is 106 Å². The smallest absolute Gasteiger partial charge is 0.224 e. The largest absolute Gasteiger partial charge is 0.326 e. The summed E-state index contributed by atoms with van der Waals surface area (Å²) in [5, 5.41) is 7.67. The molecule has 2 rings (SSSR count). The van der Waals surface area contributed by atoms with Crippen LogP contribution >= 0.6 is 11.3 Å². The molecule has 0 radical (unpaired) electrons. The Kier molecular flexibility index (Phi) is 6.10. The lowest BCUT2D eigenvalue weighted by Gasteiger charge is -2.06. The number of hydrogen-bond donors (Lipinski definition) is 2. The van der Waals surface area contributed by atoms with Gasteiger partial charge >= 0.3 is 0 Å². The van der Waals surface area contributed by atoms with Gasteiger partial charge in [0.25, 0.3) is 0 Å². The molecule has 0 bridgehead atoms. The van der Waals surface area contributed by atoms with Crippen LogP contribution in [-0.4, -0.2) is 20.1 Å². The molecule has 6 nitrogen and oxygen atoms in total. The highest BCUT2D eigenvalue weighted by molar-refractivity contribution is 7.88. The summed E-state index contributed by atoms with van der Waals surface area (Å²) >= 11 is 1.57. The molecule has 25 heavy (non-hydrogen) atoms. The fourth-order valence-electron chi connectivity index (χ4n) is 2.41. The summed E-state index contributed by atoms with van der Waals surface area (Å²) in [6, 6.07) is 8.23. The van der Waals surface area contributed by atoms with Crippen molar-refractivity contribution in [1.29, 1.82) is 0 Å². The molecule has 1 amide bonds. The minimum absolute atomic E-state index is 0.0412. The van der Waals surface area contributed by atoms with E-state index in [2.05, 4.69) is 5.32 Å². The molecule has 1 aromatic carbocycles. The summed E-state index contributed by atoms with van der Waals surface area (Å²) in [6.45, 7) is 3.84. The number of carbonyl (C=O) groups excluding carboxylic acids is 2. The van der Waals surface area contributed by atoms with Crippen molar-refractivity contribution in [1.82, 2.24) is 0 Å². The molecule has 134 valence electrons. The number of benzene rings is 1. The van der Waals surface area contributed by atoms with Gasteiger partial charge in [-0.25, -0.2) is 13.6 Å². The molecule has 0 aliphatic rings. The van der Waals surface area contributed by atoms with Crippen LogP contribution in [0.2, 0.25) is 0 Å². The van der Waals surface area contributed by atoms with Gasteiger partial charge in [0, 0.05) is 33.8 Å². The monoisotopic (exact) mass is 380 g/mol. The van der Waals surface area contributed by atoms with Gasteiger partial charge in [-0.3, -0.25) is 9.59 Å². The molecule has 0 saturated carbocycles. The standard InChI is InChI=1S/C17H20N2O4S2/c1-11-9-15(12(2)24-11)16(20)7-8-17(21)19-14-5-3-13(4-6-14)10-25(18,22)23/h3-6,9H,7-8,10H2,1-2H3,(H,19,21)(H2,18,22,23). The molecule has 0 aliphatic carbocycles. The second-order valence-electron chi connectivity index (χ2n) is 5.80. The molecule has 0 fully saturated rings. The molecule has 3 N–H and O–H groups in total. The van der Waals surface area contributed by atoms with Crippen LogP contribution in [-0.2, 0) is 20.6 Å². The maximum absolute atomic E-state index is 12.2. The molecular formula is C17H20N2O4S2. The minimum atomic E-state index is -3.58. The first-order valence-corrected chi connectivity index (χ1v) is 10.2. The molecule has 0 aliphatic heterocycles. The minimum Gasteiger partial charge on any atom is -0.326 e. The van der Waals surface area contributed by atoms with Crippen LogP contribution in [0, 0.1) is 13.8 Å². The summed E-state index contributed by atoms with van der Waals surface area (Å²) < 4.78 is 22.1. The van der Waals surface area contributed by atoms with Crippen LogP contribution in [0.4, 0.5) is 5.69 Å². The van der Waals surface area contributed by atoms with Gasteiger partial charge in [0.1, 0.15) is 0 Å². The van der Waals surface area contributed by atoms with E-state index in [4.69, 9.17) is 5.14 Å². The molecule has 0 atom stereocenters. The third kappa shape index (κ3) is 6.08. The van der Waals surface area contributed by atoms with E-state index in [0.29, 0.717) is 16.8 Å². The molecule has 1 heterocycles. The van der Waals surface area contributed by atoms with Crippen molar-refractivity contribution >= 4 is 38.7 Å². The third-order valence-electron chi connectivity index (χ3n) is 3.53. The average molecular weight is 380 g/mol. The van der Waals surface area contributed by atoms with Gasteiger partial charge in [-0.2, -0.15) is 0 Å². The maximum atomic E-state index is 12.2. The first-order chi connectivity index (χ1) is 11.6. The second-order valence-corrected chi connectivity index (χ2v) is 8.88. The average Bonchev–Trinajstić information content (AvgIpc) is 2.84. The van der Waals surface area contributed by atoms with Crippen LogP contribution < -0.4 is 10.5 Å². The van der Waals surface area contributed by atoms with Gasteiger partial charge in [0.15, 0.2) is 5.78 Å². The lowest BCUT2D eigenvalue weighted by Crippen LogP contribution is -2.15. The number of thiophene rings is 1. The van der Waals surface area contributed by atoms with Gasteiger partial charge in [0.2, 0.25) is 15.9 Å². The molecule has 8 heteroatoms. The normalized spacial score (nSPS) is 11.3. The van der Waals surface area contributed by atoms with E-state index in [1.54, 1.807) is 35.6 Å². The number of hydrogen-bond acceptors (Lipinski definition) is 5. The number of primary sulfonamides is 1. The van der Waals surface area contributed by atoms with Crippen molar-refractivity contribution < 1.29 is 18.0 Å². The lowest BCUT2D eigenvalue weighted by molar-refractivity contribution is -0.116. The van der Waals surface area contributed by atoms with E-state index >= 15 is 0 Å². The Morgan fingerprint density at radius 1 is 1.12 bits per heavy atom. The number of nitrogens with two attached hydrogens (primary N) is 1. The fraction of sp³-hybridized carbons (Fsp3) is 0.294. The zero-order valence-electron chi connectivity index (χ0n) is 14.0. The fourth-order valence-corrected chi connectivity index (χ4v) is 4.01. The van der Waals surface area contributed by atoms with Gasteiger partial charge in [-0.15, -0.1) is 11.3 Å². The quantitative estimate of drug-likeness (QED) is 0.720. The molecule has 0 spiro atoms. The predicted octanol–water partition coefficient (Wildman–Crippen LogP) is 2.76. The van der Waals surface area contributed by atoms with Crippen LogP contribution in [0.1, 0.15) is 38.5 Å². The van der Waals surface area contributed by atoms with Gasteiger partial charge < -0.3 is 5.32 Å². The highest BCUT2D eigenvalue weighted by atomic mass is 32.2. The van der Waals surface area contributed by atoms with Crippen molar-refractivity contribution in [2.45, 2.75) is 32.4 Å². The Morgan fingerprint density at radius 2 is 1.76 bits per heavy atom. The summed E-state index contributed by atoms with van der Waals surface area (Å²) in [5.41, 5.74) is 1.76. The number of anilines is 1. The van der Waals surface area contributed by atoms with Crippen molar-refractivity contribution in [2.24, 2.45) is 5.14 Å². The van der Waals surface area contributed by atoms with Crippen molar-refractivity contribution in [2.75, 3.05) is 5.32 Å². The van der Waals surface area contributed by atoms with E-state index in [-0.39, 0.29) is 30.3 Å². The van der Waals surface area contributed by atoms with Crippen LogP contribution in [0.15, 0.2) is 30.3 Å². The summed E-state index contributed by atoms with van der Waals surface area (Å²) in [4.78, 5) is 26.2. The number of aryl methyl sites for hydroxylation is 2. The highest BCUT2D eigenvalue weighted by Gasteiger charge is 2.14. The first-order valence-electron chi connectivity index (χ1n) is 7.63. The van der Waals surface area contributed by atoms with Crippen LogP contribution in [0.3, 0.4) is 0 Å². The molecule has 1 aromatic heterocycles. The predicted molar refractivity (Wildman–Crippen MR) is 99.2 cm³/mol. The number of sulfonamides is 1. The highest BCUT2D eigenvalue weighted by Crippen LogP contribution is 2.22. The number of Topliss-reactive ketones (excluding diaryl/α,β-unsaturated/α-hetero) is 1. The number of nitrogens with one attached hydrogen (secondary N) is 1. The maximum Gasteiger partial charge on any atom is 0.224 e. The SMILES string of the molecule is Cc1cc(C(=O)CCC(=O)Nc2ccc(CS(N)(=O)=O)cc2)c(C)s1. The number of carbonyl (C=O) groups is 2. The summed E-state index contributed by atoms with van der Waals surface area (Å²) in [6.07, 6.45) is 0.235. The van der Waals surface area contributed by atoms with E-state index < -0.39 is 10.0 Å². The molecule has 2 aromatic rings. The summed E-state index contributed by atoms with van der Waals surface area (Å²) in [5.74, 6) is -0.563. The number of rotatable bonds is 7. The third-order valence-corrected chi connectivity index (χ3v) is 5.23. The van der Waals surface area contributed by atoms with E-state index in [1.807, 2.05) is 19.9 Å².